The number of hydrogen-bond acceptors (Lipinski definition) is 2. The lowest BCUT2D eigenvalue weighted by molar-refractivity contribution is 0.471. The van der Waals surface area contributed by atoms with Crippen LogP contribution in [0.15, 0.2) is 45.3 Å². The maximum absolute atomic E-state index is 6.13. The molecule has 2 aromatic rings. The molecule has 1 atom stereocenters. The number of hydrogen-bond donors (Lipinski definition) is 1. The van der Waals surface area contributed by atoms with Crippen LogP contribution >= 0.6 is 43.5 Å². The lowest BCUT2D eigenvalue weighted by Gasteiger charge is -2.15. The Bertz CT molecular complexity index is 602. The van der Waals surface area contributed by atoms with Gasteiger partial charge in [-0.3, -0.25) is 0 Å². The molecule has 5 heteroatoms. The van der Waals surface area contributed by atoms with Crippen molar-refractivity contribution >= 4 is 43.5 Å². The second kappa shape index (κ2) is 6.27. The second-order valence-electron chi connectivity index (χ2n) is 4.15. The SMILES string of the molecule is CC(N)c1ccc(Br)cc1Oc1cc(Br)ccc1Cl. The average molecular weight is 406 g/mol. The zero-order valence-corrected chi connectivity index (χ0v) is 14.1. The minimum atomic E-state index is -0.117. The summed E-state index contributed by atoms with van der Waals surface area (Å²) in [6.45, 7) is 1.92. The quantitative estimate of drug-likeness (QED) is 0.713. The third-order valence-electron chi connectivity index (χ3n) is 2.58. The smallest absolute Gasteiger partial charge is 0.147 e. The van der Waals surface area contributed by atoms with Crippen molar-refractivity contribution in [3.05, 3.63) is 55.9 Å². The highest BCUT2D eigenvalue weighted by Crippen LogP contribution is 2.36. The highest BCUT2D eigenvalue weighted by molar-refractivity contribution is 9.10. The van der Waals surface area contributed by atoms with Crippen LogP contribution in [-0.2, 0) is 0 Å². The molecule has 0 aliphatic carbocycles. The first kappa shape index (κ1) is 14.9. The average Bonchev–Trinajstić information content (AvgIpc) is 2.33. The van der Waals surface area contributed by atoms with Gasteiger partial charge in [-0.2, -0.15) is 0 Å². The Balaban J connectivity index is 2.42. The largest absolute Gasteiger partial charge is 0.455 e. The van der Waals surface area contributed by atoms with Crippen LogP contribution in [0.5, 0.6) is 11.5 Å². The Morgan fingerprint density at radius 3 is 2.26 bits per heavy atom. The Kier molecular flexibility index (Phi) is 4.90. The first-order chi connectivity index (χ1) is 8.97. The van der Waals surface area contributed by atoms with E-state index in [2.05, 4.69) is 31.9 Å². The first-order valence-electron chi connectivity index (χ1n) is 5.65. The molecular weight excluding hydrogens is 393 g/mol. The summed E-state index contributed by atoms with van der Waals surface area (Å²) in [6.07, 6.45) is 0. The fourth-order valence-electron chi connectivity index (χ4n) is 1.65. The molecule has 0 amide bonds. The van der Waals surface area contributed by atoms with Crippen molar-refractivity contribution in [2.75, 3.05) is 0 Å². The molecule has 2 N–H and O–H groups in total. The summed E-state index contributed by atoms with van der Waals surface area (Å²) in [5, 5.41) is 0.554. The molecule has 0 saturated carbocycles. The van der Waals surface area contributed by atoms with Gasteiger partial charge in [-0.15, -0.1) is 0 Å². The number of rotatable bonds is 3. The van der Waals surface area contributed by atoms with Crippen molar-refractivity contribution in [1.82, 2.24) is 0 Å². The summed E-state index contributed by atoms with van der Waals surface area (Å²) >= 11 is 13.0. The lowest BCUT2D eigenvalue weighted by atomic mass is 10.1. The highest BCUT2D eigenvalue weighted by atomic mass is 79.9. The molecule has 0 bridgehead atoms. The van der Waals surface area contributed by atoms with Crippen LogP contribution in [0.1, 0.15) is 18.5 Å². The lowest BCUT2D eigenvalue weighted by Crippen LogP contribution is -2.06. The molecule has 0 saturated heterocycles. The summed E-state index contributed by atoms with van der Waals surface area (Å²) in [5.41, 5.74) is 6.88. The Morgan fingerprint density at radius 2 is 1.63 bits per heavy atom. The van der Waals surface area contributed by atoms with Crippen LogP contribution in [0.25, 0.3) is 0 Å². The number of benzene rings is 2. The van der Waals surface area contributed by atoms with Gasteiger partial charge in [-0.05, 0) is 37.3 Å². The fourth-order valence-corrected chi connectivity index (χ4v) is 2.48. The minimum absolute atomic E-state index is 0.117. The van der Waals surface area contributed by atoms with Crippen LogP contribution < -0.4 is 10.5 Å². The topological polar surface area (TPSA) is 35.2 Å². The van der Waals surface area contributed by atoms with Gasteiger partial charge in [0.05, 0.1) is 5.02 Å². The summed E-state index contributed by atoms with van der Waals surface area (Å²) < 4.78 is 7.73. The van der Waals surface area contributed by atoms with Gasteiger partial charge in [-0.1, -0.05) is 49.5 Å². The molecule has 0 radical (unpaired) electrons. The monoisotopic (exact) mass is 403 g/mol. The van der Waals surface area contributed by atoms with Crippen molar-refractivity contribution < 1.29 is 4.74 Å². The summed E-state index contributed by atoms with van der Waals surface area (Å²) in [6, 6.07) is 11.1. The van der Waals surface area contributed by atoms with E-state index >= 15 is 0 Å². The van der Waals surface area contributed by atoms with Crippen LogP contribution in [-0.4, -0.2) is 0 Å². The summed E-state index contributed by atoms with van der Waals surface area (Å²) in [4.78, 5) is 0. The van der Waals surface area contributed by atoms with Crippen LogP contribution in [0.4, 0.5) is 0 Å². The van der Waals surface area contributed by atoms with E-state index in [0.717, 1.165) is 14.5 Å². The van der Waals surface area contributed by atoms with E-state index in [-0.39, 0.29) is 6.04 Å². The van der Waals surface area contributed by atoms with E-state index < -0.39 is 0 Å². The number of halogens is 3. The molecule has 100 valence electrons. The molecule has 0 aliphatic rings. The molecule has 2 aromatic carbocycles. The number of nitrogens with two attached hydrogens (primary N) is 1. The number of ether oxygens (including phenoxy) is 1. The summed E-state index contributed by atoms with van der Waals surface area (Å²) in [5.74, 6) is 1.29. The Hall–Kier alpha value is -0.550. The van der Waals surface area contributed by atoms with E-state index in [1.165, 1.54) is 0 Å². The van der Waals surface area contributed by atoms with Crippen molar-refractivity contribution in [3.63, 3.8) is 0 Å². The van der Waals surface area contributed by atoms with Crippen LogP contribution in [0.2, 0.25) is 5.02 Å². The Morgan fingerprint density at radius 1 is 1.05 bits per heavy atom. The zero-order chi connectivity index (χ0) is 14.0. The molecule has 0 spiro atoms. The summed E-state index contributed by atoms with van der Waals surface area (Å²) in [7, 11) is 0. The second-order valence-corrected chi connectivity index (χ2v) is 6.39. The minimum Gasteiger partial charge on any atom is -0.455 e. The molecule has 0 aromatic heterocycles. The van der Waals surface area contributed by atoms with Gasteiger partial charge >= 0.3 is 0 Å². The third-order valence-corrected chi connectivity index (χ3v) is 3.88. The molecule has 19 heavy (non-hydrogen) atoms. The van der Waals surface area contributed by atoms with Crippen LogP contribution in [0, 0.1) is 0 Å². The molecular formula is C14H12Br2ClNO. The van der Waals surface area contributed by atoms with Gasteiger partial charge < -0.3 is 10.5 Å². The van der Waals surface area contributed by atoms with Gasteiger partial charge in [0.25, 0.3) is 0 Å². The zero-order valence-electron chi connectivity index (χ0n) is 10.2. The molecule has 2 rings (SSSR count). The van der Waals surface area contributed by atoms with Crippen molar-refractivity contribution in [2.45, 2.75) is 13.0 Å². The first-order valence-corrected chi connectivity index (χ1v) is 7.61. The fraction of sp³-hybridized carbons (Fsp3) is 0.143. The highest BCUT2D eigenvalue weighted by Gasteiger charge is 2.11. The van der Waals surface area contributed by atoms with E-state index in [1.54, 1.807) is 6.07 Å². The van der Waals surface area contributed by atoms with Crippen molar-refractivity contribution in [2.24, 2.45) is 5.73 Å². The predicted molar refractivity (Wildman–Crippen MR) is 86.0 cm³/mol. The van der Waals surface area contributed by atoms with E-state index in [1.807, 2.05) is 37.3 Å². The van der Waals surface area contributed by atoms with Crippen LogP contribution in [0.3, 0.4) is 0 Å². The molecule has 0 heterocycles. The molecule has 2 nitrogen and oxygen atoms in total. The van der Waals surface area contributed by atoms with Gasteiger partial charge in [0.2, 0.25) is 0 Å². The maximum atomic E-state index is 6.13. The molecule has 0 aliphatic heterocycles. The van der Waals surface area contributed by atoms with Gasteiger partial charge in [0.1, 0.15) is 11.5 Å². The van der Waals surface area contributed by atoms with Crippen molar-refractivity contribution in [1.29, 1.82) is 0 Å². The maximum Gasteiger partial charge on any atom is 0.147 e. The van der Waals surface area contributed by atoms with Crippen molar-refractivity contribution in [3.8, 4) is 11.5 Å². The predicted octanol–water partition coefficient (Wildman–Crippen LogP) is 5.68. The standard InChI is InChI=1S/C14H12Br2ClNO/c1-8(18)11-4-2-9(15)6-13(11)19-14-7-10(16)3-5-12(14)17/h2-8H,18H2,1H3. The van der Waals surface area contributed by atoms with Gasteiger partial charge in [0.15, 0.2) is 0 Å². The molecule has 0 fully saturated rings. The third kappa shape index (κ3) is 3.72. The normalized spacial score (nSPS) is 12.3. The van der Waals surface area contributed by atoms with E-state index in [0.29, 0.717) is 16.5 Å². The molecule has 1 unspecified atom stereocenters. The van der Waals surface area contributed by atoms with E-state index in [4.69, 9.17) is 22.1 Å². The van der Waals surface area contributed by atoms with E-state index in [9.17, 15) is 0 Å². The van der Waals surface area contributed by atoms with Gasteiger partial charge in [0, 0.05) is 20.6 Å². The Labute approximate surface area is 134 Å². The van der Waals surface area contributed by atoms with Gasteiger partial charge in [-0.25, -0.2) is 0 Å².